The van der Waals surface area contributed by atoms with Gasteiger partial charge in [-0.3, -0.25) is 4.79 Å². The van der Waals surface area contributed by atoms with Crippen molar-refractivity contribution in [3.63, 3.8) is 0 Å². The summed E-state index contributed by atoms with van der Waals surface area (Å²) >= 11 is 0. The maximum absolute atomic E-state index is 12.3. The second-order valence-corrected chi connectivity index (χ2v) is 10.1. The van der Waals surface area contributed by atoms with Crippen LogP contribution in [0.3, 0.4) is 0 Å². The van der Waals surface area contributed by atoms with Crippen LogP contribution in [0.4, 0.5) is 0 Å². The number of carboxylic acid groups (broad SMARTS) is 1. The summed E-state index contributed by atoms with van der Waals surface area (Å²) in [5, 5.41) is 41.9. The highest BCUT2D eigenvalue weighted by Gasteiger charge is 2.31. The number of nitrogens with zero attached hydrogens (tertiary/aromatic N) is 7. The molecule has 0 unspecified atom stereocenters. The van der Waals surface area contributed by atoms with Crippen LogP contribution in [0.15, 0.2) is 48.5 Å². The maximum atomic E-state index is 12.3. The van der Waals surface area contributed by atoms with E-state index in [1.165, 1.54) is 13.8 Å². The van der Waals surface area contributed by atoms with Crippen LogP contribution in [0.25, 0.3) is 22.5 Å². The largest absolute Gasteiger partial charge is 0.477 e. The highest BCUT2D eigenvalue weighted by molar-refractivity contribution is 5.87. The Morgan fingerprint density at radius 2 is 1.79 bits per heavy atom. The van der Waals surface area contributed by atoms with Crippen molar-refractivity contribution in [1.82, 2.24) is 29.8 Å². The van der Waals surface area contributed by atoms with Gasteiger partial charge in [-0.1, -0.05) is 66.7 Å². The van der Waals surface area contributed by atoms with E-state index in [2.05, 4.69) is 25.2 Å². The highest BCUT2D eigenvalue weighted by atomic mass is 16.9. The summed E-state index contributed by atoms with van der Waals surface area (Å²) in [7, 11) is 0. The predicted octanol–water partition coefficient (Wildman–Crippen LogP) is 3.76. The molecule has 0 aliphatic rings. The molecule has 0 bridgehead atoms. The fourth-order valence-corrected chi connectivity index (χ4v) is 4.48. The molecule has 0 atom stereocenters. The summed E-state index contributed by atoms with van der Waals surface area (Å²) in [5.74, 6) is -0.960. The molecule has 2 N–H and O–H groups in total. The topological polar surface area (TPSA) is 188 Å². The number of carboxylic acids is 1. The minimum Gasteiger partial charge on any atom is -0.477 e. The molecule has 0 saturated heterocycles. The van der Waals surface area contributed by atoms with Crippen LogP contribution >= 0.6 is 0 Å². The van der Waals surface area contributed by atoms with Crippen LogP contribution in [0.2, 0.25) is 0 Å². The number of carbonyl (C=O) groups is 2. The summed E-state index contributed by atoms with van der Waals surface area (Å²) in [4.78, 5) is 44.3. The van der Waals surface area contributed by atoms with Gasteiger partial charge in [0.25, 0.3) is 11.0 Å². The van der Waals surface area contributed by atoms with Crippen molar-refractivity contribution < 1.29 is 29.7 Å². The number of hydrogen-bond acceptors (Lipinski definition) is 10. The average molecular weight is 578 g/mol. The second-order valence-electron chi connectivity index (χ2n) is 10.1. The number of imidazole rings is 1. The molecule has 4 rings (SSSR count). The van der Waals surface area contributed by atoms with Gasteiger partial charge in [0.2, 0.25) is 5.82 Å². The van der Waals surface area contributed by atoms with Crippen LogP contribution in [0, 0.1) is 10.1 Å². The fraction of sp³-hybridized carbons (Fsp3) is 0.357. The number of tetrazole rings is 1. The lowest BCUT2D eigenvalue weighted by Gasteiger charge is -2.16. The Morgan fingerprint density at radius 1 is 1.10 bits per heavy atom. The smallest absolute Gasteiger partial charge is 0.354 e. The molecule has 2 aromatic heterocycles. The molecule has 0 aliphatic carbocycles. The first-order valence-electron chi connectivity index (χ1n) is 13.3. The van der Waals surface area contributed by atoms with Crippen molar-refractivity contribution in [2.24, 2.45) is 0 Å². The van der Waals surface area contributed by atoms with E-state index >= 15 is 0 Å². The van der Waals surface area contributed by atoms with Crippen molar-refractivity contribution in [2.45, 2.75) is 58.6 Å². The van der Waals surface area contributed by atoms with Gasteiger partial charge in [0.15, 0.2) is 5.69 Å². The highest BCUT2D eigenvalue weighted by Crippen LogP contribution is 2.31. The molecule has 0 saturated carbocycles. The third-order valence-corrected chi connectivity index (χ3v) is 6.51. The first kappa shape index (κ1) is 30.0. The molecule has 0 amide bonds. The molecule has 0 fully saturated rings. The molecule has 0 aliphatic heterocycles. The number of hydrogen-bond donors (Lipinski definition) is 2. The minimum atomic E-state index is -1.42. The number of aryl methyl sites for hydroxylation is 1. The van der Waals surface area contributed by atoms with Crippen LogP contribution in [-0.4, -0.2) is 63.5 Å². The molecular weight excluding hydrogens is 546 g/mol. The number of rotatable bonds is 13. The van der Waals surface area contributed by atoms with Gasteiger partial charge >= 0.3 is 5.97 Å². The SMILES string of the molecule is CCCCc1nc(C(C)(C)O)c(C(=O)O)n1Cc1ccc(-c2ccccc2-c2nnn(C(=O)CCO[N+](=O)[O-])n2)cc1. The van der Waals surface area contributed by atoms with Crippen LogP contribution in [0.1, 0.15) is 72.4 Å². The predicted molar refractivity (Wildman–Crippen MR) is 149 cm³/mol. The molecule has 14 nitrogen and oxygen atoms in total. The molecule has 0 spiro atoms. The van der Waals surface area contributed by atoms with Crippen LogP contribution in [-0.2, 0) is 23.4 Å². The summed E-state index contributed by atoms with van der Waals surface area (Å²) in [6.07, 6.45) is 2.02. The van der Waals surface area contributed by atoms with Crippen molar-refractivity contribution in [1.29, 1.82) is 0 Å². The van der Waals surface area contributed by atoms with Gasteiger partial charge in [-0.2, -0.15) is 0 Å². The third-order valence-electron chi connectivity index (χ3n) is 6.51. The number of aromatic nitrogens is 6. The quantitative estimate of drug-likeness (QED) is 0.174. The number of unbranched alkanes of at least 4 members (excludes halogenated alkanes) is 1. The Morgan fingerprint density at radius 3 is 2.40 bits per heavy atom. The van der Waals surface area contributed by atoms with E-state index in [-0.39, 0.29) is 30.2 Å². The van der Waals surface area contributed by atoms with Crippen LogP contribution < -0.4 is 0 Å². The lowest BCUT2D eigenvalue weighted by atomic mass is 9.98. The van der Waals surface area contributed by atoms with Gasteiger partial charge in [-0.05, 0) is 42.2 Å². The lowest BCUT2D eigenvalue weighted by Crippen LogP contribution is -2.22. The number of aliphatic hydroxyl groups is 1. The van der Waals surface area contributed by atoms with Crippen molar-refractivity contribution >= 4 is 11.9 Å². The standard InChI is InChI=1S/C28H31N7O7/c1-4-5-10-22-29-25(28(2,3)39)24(27(37)38)33(22)17-18-11-13-19(14-12-18)20-8-6-7-9-21(20)26-30-32-34(31-26)23(36)15-16-42-35(40)41/h6-9,11-14,39H,4-5,10,15-17H2,1-3H3,(H,37,38). The summed E-state index contributed by atoms with van der Waals surface area (Å²) < 4.78 is 1.66. The van der Waals surface area contributed by atoms with E-state index in [9.17, 15) is 29.9 Å². The lowest BCUT2D eigenvalue weighted by molar-refractivity contribution is -0.757. The Bertz CT molecular complexity index is 1590. The third kappa shape index (κ3) is 6.83. The molecule has 4 aromatic rings. The van der Waals surface area contributed by atoms with E-state index in [1.54, 1.807) is 16.7 Å². The zero-order valence-corrected chi connectivity index (χ0v) is 23.4. The van der Waals surface area contributed by atoms with E-state index < -0.39 is 29.2 Å². The van der Waals surface area contributed by atoms with E-state index in [0.29, 0.717) is 17.8 Å². The normalized spacial score (nSPS) is 11.4. The molecule has 0 radical (unpaired) electrons. The first-order valence-corrected chi connectivity index (χ1v) is 13.3. The van der Waals surface area contributed by atoms with Gasteiger partial charge in [-0.25, -0.2) is 9.78 Å². The van der Waals surface area contributed by atoms with Crippen LogP contribution in [0.5, 0.6) is 0 Å². The summed E-state index contributed by atoms with van der Waals surface area (Å²) in [6, 6.07) is 14.8. The Kier molecular flexibility index (Phi) is 9.06. The molecule has 2 aromatic carbocycles. The second kappa shape index (κ2) is 12.7. The Hall–Kier alpha value is -4.98. The molecule has 42 heavy (non-hydrogen) atoms. The van der Waals surface area contributed by atoms with E-state index in [4.69, 9.17) is 0 Å². The Balaban J connectivity index is 1.61. The summed E-state index contributed by atoms with van der Waals surface area (Å²) in [6.45, 7) is 4.93. The monoisotopic (exact) mass is 577 g/mol. The zero-order chi connectivity index (χ0) is 30.4. The van der Waals surface area contributed by atoms with Crippen molar-refractivity contribution in [2.75, 3.05) is 6.61 Å². The fourth-order valence-electron chi connectivity index (χ4n) is 4.48. The number of benzene rings is 2. The number of aromatic carboxylic acids is 1. The van der Waals surface area contributed by atoms with Gasteiger partial charge in [-0.15, -0.1) is 20.3 Å². The van der Waals surface area contributed by atoms with E-state index in [0.717, 1.165) is 34.3 Å². The first-order chi connectivity index (χ1) is 20.0. The maximum Gasteiger partial charge on any atom is 0.354 e. The molecule has 14 heteroatoms. The van der Waals surface area contributed by atoms with Gasteiger partial charge in [0, 0.05) is 18.5 Å². The minimum absolute atomic E-state index is 0.0309. The van der Waals surface area contributed by atoms with Crippen molar-refractivity contribution in [3.05, 3.63) is 81.4 Å². The Labute approximate surface area is 240 Å². The van der Waals surface area contributed by atoms with E-state index in [1.807, 2.05) is 43.3 Å². The van der Waals surface area contributed by atoms with Gasteiger partial charge in [0.05, 0.1) is 6.42 Å². The van der Waals surface area contributed by atoms with Crippen molar-refractivity contribution in [3.8, 4) is 22.5 Å². The average Bonchev–Trinajstić information content (AvgIpc) is 3.58. The molecular formula is C28H31N7O7. The molecule has 2 heterocycles. The molecule has 220 valence electrons. The number of carbonyl (C=O) groups excluding carboxylic acids is 1. The summed E-state index contributed by atoms with van der Waals surface area (Å²) in [5.41, 5.74) is 1.73. The van der Waals surface area contributed by atoms with Gasteiger partial charge < -0.3 is 19.6 Å². The zero-order valence-electron chi connectivity index (χ0n) is 23.4. The van der Waals surface area contributed by atoms with Gasteiger partial charge in [0.1, 0.15) is 23.7 Å².